The molecule has 0 fully saturated rings. The molecule has 0 aliphatic rings. The monoisotopic (exact) mass is 311 g/mol. The molecule has 2 aromatic rings. The summed E-state index contributed by atoms with van der Waals surface area (Å²) in [4.78, 5) is 4.25. The molecule has 96 valence electrons. The number of rotatable bonds is 5. The van der Waals surface area contributed by atoms with Crippen LogP contribution in [0.4, 0.5) is 5.69 Å². The maximum Gasteiger partial charge on any atom is 0.260 e. The van der Waals surface area contributed by atoms with Crippen LogP contribution >= 0.6 is 15.9 Å². The molecule has 0 saturated heterocycles. The van der Waals surface area contributed by atoms with Gasteiger partial charge in [-0.2, -0.15) is 4.98 Å². The third-order valence-electron chi connectivity index (χ3n) is 2.29. The van der Waals surface area contributed by atoms with Crippen LogP contribution in [-0.2, 0) is 11.3 Å². The van der Waals surface area contributed by atoms with Crippen LogP contribution in [0.15, 0.2) is 27.2 Å². The lowest BCUT2D eigenvalue weighted by atomic mass is 10.2. The standard InChI is InChI=1S/C12H14BrN3O2/c1-2-5-17-7-11-15-12(18-16-11)9-6-8(13)3-4-10(9)14/h3-4,6H,2,5,7,14H2,1H3. The van der Waals surface area contributed by atoms with E-state index in [4.69, 9.17) is 15.0 Å². The molecule has 1 heterocycles. The molecule has 2 N–H and O–H groups in total. The number of anilines is 1. The van der Waals surface area contributed by atoms with E-state index in [-0.39, 0.29) is 0 Å². The molecule has 6 heteroatoms. The molecule has 0 atom stereocenters. The SMILES string of the molecule is CCCOCc1noc(-c2cc(Br)ccc2N)n1. The molecule has 0 radical (unpaired) electrons. The van der Waals surface area contributed by atoms with Crippen LogP contribution in [-0.4, -0.2) is 16.7 Å². The average molecular weight is 312 g/mol. The molecule has 0 spiro atoms. The highest BCUT2D eigenvalue weighted by atomic mass is 79.9. The van der Waals surface area contributed by atoms with Gasteiger partial charge in [0.05, 0.1) is 5.56 Å². The molecular formula is C12H14BrN3O2. The minimum absolute atomic E-state index is 0.352. The highest BCUT2D eigenvalue weighted by Gasteiger charge is 2.12. The van der Waals surface area contributed by atoms with E-state index in [0.717, 1.165) is 16.5 Å². The van der Waals surface area contributed by atoms with E-state index in [1.165, 1.54) is 0 Å². The van der Waals surface area contributed by atoms with Crippen molar-refractivity contribution in [2.45, 2.75) is 20.0 Å². The molecule has 2 rings (SSSR count). The van der Waals surface area contributed by atoms with Gasteiger partial charge in [0.2, 0.25) is 0 Å². The number of nitrogens with two attached hydrogens (primary N) is 1. The summed E-state index contributed by atoms with van der Waals surface area (Å²) in [5.74, 6) is 0.932. The van der Waals surface area contributed by atoms with Crippen LogP contribution in [0.2, 0.25) is 0 Å². The van der Waals surface area contributed by atoms with Gasteiger partial charge in [0.15, 0.2) is 5.82 Å². The Balaban J connectivity index is 2.16. The first-order valence-electron chi connectivity index (χ1n) is 5.66. The van der Waals surface area contributed by atoms with Gasteiger partial charge in [0.1, 0.15) is 6.61 Å². The Labute approximate surface area is 113 Å². The summed E-state index contributed by atoms with van der Waals surface area (Å²) in [7, 11) is 0. The summed E-state index contributed by atoms with van der Waals surface area (Å²) in [6.45, 7) is 3.08. The van der Waals surface area contributed by atoms with Crippen molar-refractivity contribution in [3.63, 3.8) is 0 Å². The molecule has 5 nitrogen and oxygen atoms in total. The van der Waals surface area contributed by atoms with Crippen LogP contribution in [0.1, 0.15) is 19.2 Å². The average Bonchev–Trinajstić information content (AvgIpc) is 2.81. The Bertz CT molecular complexity index is 528. The number of hydrogen-bond donors (Lipinski definition) is 1. The predicted octanol–water partition coefficient (Wildman–Crippen LogP) is 3.01. The van der Waals surface area contributed by atoms with Crippen molar-refractivity contribution in [1.82, 2.24) is 10.1 Å². The second-order valence-electron chi connectivity index (χ2n) is 3.80. The van der Waals surface area contributed by atoms with E-state index in [0.29, 0.717) is 30.6 Å². The van der Waals surface area contributed by atoms with Gasteiger partial charge < -0.3 is 15.0 Å². The van der Waals surface area contributed by atoms with Crippen molar-refractivity contribution < 1.29 is 9.26 Å². The van der Waals surface area contributed by atoms with E-state index < -0.39 is 0 Å². The molecule has 18 heavy (non-hydrogen) atoms. The van der Waals surface area contributed by atoms with E-state index in [2.05, 4.69) is 26.1 Å². The second-order valence-corrected chi connectivity index (χ2v) is 4.72. The predicted molar refractivity (Wildman–Crippen MR) is 71.8 cm³/mol. The lowest BCUT2D eigenvalue weighted by Crippen LogP contribution is -1.96. The van der Waals surface area contributed by atoms with E-state index >= 15 is 0 Å². The first-order chi connectivity index (χ1) is 8.70. The van der Waals surface area contributed by atoms with E-state index in [1.54, 1.807) is 6.07 Å². The molecular weight excluding hydrogens is 298 g/mol. The van der Waals surface area contributed by atoms with Crippen LogP contribution in [0.3, 0.4) is 0 Å². The quantitative estimate of drug-likeness (QED) is 0.678. The Morgan fingerprint density at radius 3 is 3.06 bits per heavy atom. The van der Waals surface area contributed by atoms with Crippen molar-refractivity contribution in [2.24, 2.45) is 0 Å². The fourth-order valence-corrected chi connectivity index (χ4v) is 1.80. The number of hydrogen-bond acceptors (Lipinski definition) is 5. The summed E-state index contributed by atoms with van der Waals surface area (Å²) in [6, 6.07) is 5.50. The lowest BCUT2D eigenvalue weighted by Gasteiger charge is -2.00. The van der Waals surface area contributed by atoms with Crippen molar-refractivity contribution in [1.29, 1.82) is 0 Å². The topological polar surface area (TPSA) is 74.2 Å². The fraction of sp³-hybridized carbons (Fsp3) is 0.333. The summed E-state index contributed by atoms with van der Waals surface area (Å²) in [6.07, 6.45) is 0.962. The Kier molecular flexibility index (Phi) is 4.33. The molecule has 0 bridgehead atoms. The number of benzene rings is 1. The minimum atomic E-state index is 0.352. The van der Waals surface area contributed by atoms with Gasteiger partial charge in [0.25, 0.3) is 5.89 Å². The minimum Gasteiger partial charge on any atom is -0.398 e. The summed E-state index contributed by atoms with van der Waals surface area (Å²) in [5.41, 5.74) is 7.19. The van der Waals surface area contributed by atoms with Crippen LogP contribution in [0.5, 0.6) is 0 Å². The maximum absolute atomic E-state index is 5.87. The number of aromatic nitrogens is 2. The highest BCUT2D eigenvalue weighted by Crippen LogP contribution is 2.27. The summed E-state index contributed by atoms with van der Waals surface area (Å²) >= 11 is 3.38. The third kappa shape index (κ3) is 3.08. The molecule has 1 aromatic carbocycles. The van der Waals surface area contributed by atoms with Gasteiger partial charge in [-0.05, 0) is 24.6 Å². The van der Waals surface area contributed by atoms with Crippen LogP contribution in [0, 0.1) is 0 Å². The fourth-order valence-electron chi connectivity index (χ4n) is 1.44. The molecule has 1 aromatic heterocycles. The second kappa shape index (κ2) is 5.97. The van der Waals surface area contributed by atoms with Gasteiger partial charge in [0, 0.05) is 16.8 Å². The third-order valence-corrected chi connectivity index (χ3v) is 2.79. The number of ether oxygens (including phenoxy) is 1. The molecule has 0 saturated carbocycles. The van der Waals surface area contributed by atoms with Crippen LogP contribution < -0.4 is 5.73 Å². The van der Waals surface area contributed by atoms with Crippen LogP contribution in [0.25, 0.3) is 11.5 Å². The smallest absolute Gasteiger partial charge is 0.260 e. The first-order valence-corrected chi connectivity index (χ1v) is 6.45. The molecule has 0 amide bonds. The first kappa shape index (κ1) is 13.0. The molecule has 0 aliphatic heterocycles. The van der Waals surface area contributed by atoms with Crippen molar-refractivity contribution in [3.8, 4) is 11.5 Å². The Morgan fingerprint density at radius 2 is 2.28 bits per heavy atom. The maximum atomic E-state index is 5.87. The number of nitrogens with zero attached hydrogens (tertiary/aromatic N) is 2. The zero-order chi connectivity index (χ0) is 13.0. The van der Waals surface area contributed by atoms with Gasteiger partial charge in [-0.1, -0.05) is 28.0 Å². The zero-order valence-corrected chi connectivity index (χ0v) is 11.6. The summed E-state index contributed by atoms with van der Waals surface area (Å²) < 4.78 is 11.4. The largest absolute Gasteiger partial charge is 0.398 e. The number of nitrogen functional groups attached to an aromatic ring is 1. The molecule has 0 unspecified atom stereocenters. The van der Waals surface area contributed by atoms with Crippen molar-refractivity contribution >= 4 is 21.6 Å². The van der Waals surface area contributed by atoms with Crippen molar-refractivity contribution in [3.05, 3.63) is 28.5 Å². The summed E-state index contributed by atoms with van der Waals surface area (Å²) in [5, 5.41) is 3.85. The number of halogens is 1. The normalized spacial score (nSPS) is 10.8. The van der Waals surface area contributed by atoms with E-state index in [9.17, 15) is 0 Å². The van der Waals surface area contributed by atoms with Gasteiger partial charge in [-0.25, -0.2) is 0 Å². The molecule has 0 aliphatic carbocycles. The lowest BCUT2D eigenvalue weighted by molar-refractivity contribution is 0.114. The van der Waals surface area contributed by atoms with Gasteiger partial charge >= 0.3 is 0 Å². The van der Waals surface area contributed by atoms with Gasteiger partial charge in [-0.3, -0.25) is 0 Å². The van der Waals surface area contributed by atoms with Gasteiger partial charge in [-0.15, -0.1) is 0 Å². The Morgan fingerprint density at radius 1 is 1.44 bits per heavy atom. The Hall–Kier alpha value is -1.40. The zero-order valence-electron chi connectivity index (χ0n) is 10.0. The van der Waals surface area contributed by atoms with E-state index in [1.807, 2.05) is 19.1 Å². The highest BCUT2D eigenvalue weighted by molar-refractivity contribution is 9.10. The van der Waals surface area contributed by atoms with Crippen molar-refractivity contribution in [2.75, 3.05) is 12.3 Å².